The standard InChI is InChI=1S/C34H43NO4S2Si/c1-24(39-42(7,8)34(2,3)4)32-29(35(33(32)36)23-25-19-20-26(37-5)21-30(25)38-6)22-31(40-27-15-11-9-12-16-27)41-28-17-13-10-14-18-28/h9-22,24,29,32H,23H2,1-8H3/t24-,29-,32-/m1/s1. The second kappa shape index (κ2) is 13.8. The second-order valence-corrected chi connectivity index (χ2v) is 19.3. The van der Waals surface area contributed by atoms with Gasteiger partial charge in [0.25, 0.3) is 0 Å². The molecule has 1 saturated heterocycles. The number of thioether (sulfide) groups is 2. The van der Waals surface area contributed by atoms with E-state index >= 15 is 0 Å². The van der Waals surface area contributed by atoms with Crippen LogP contribution in [0.5, 0.6) is 11.5 Å². The van der Waals surface area contributed by atoms with E-state index < -0.39 is 8.32 Å². The van der Waals surface area contributed by atoms with Gasteiger partial charge >= 0.3 is 0 Å². The first kappa shape index (κ1) is 32.3. The first-order valence-electron chi connectivity index (χ1n) is 14.3. The molecule has 4 rings (SSSR count). The Morgan fingerprint density at radius 3 is 2.00 bits per heavy atom. The van der Waals surface area contributed by atoms with Crippen molar-refractivity contribution in [1.82, 2.24) is 4.90 Å². The molecule has 224 valence electrons. The molecule has 1 aliphatic heterocycles. The molecular formula is C34H43NO4S2Si. The second-order valence-electron chi connectivity index (χ2n) is 12.1. The van der Waals surface area contributed by atoms with Gasteiger partial charge in [-0.3, -0.25) is 4.79 Å². The average molecular weight is 622 g/mol. The molecule has 0 spiro atoms. The molecule has 3 atom stereocenters. The molecule has 0 saturated carbocycles. The van der Waals surface area contributed by atoms with Crippen LogP contribution in [0, 0.1) is 5.92 Å². The Hall–Kier alpha value is -2.65. The minimum Gasteiger partial charge on any atom is -0.497 e. The maximum atomic E-state index is 13.9. The number of hydrogen-bond donors (Lipinski definition) is 0. The van der Waals surface area contributed by atoms with Gasteiger partial charge in [-0.1, -0.05) is 80.7 Å². The third-order valence-electron chi connectivity index (χ3n) is 8.15. The lowest BCUT2D eigenvalue weighted by molar-refractivity contribution is -0.160. The van der Waals surface area contributed by atoms with Gasteiger partial charge in [0, 0.05) is 32.2 Å². The predicted octanol–water partition coefficient (Wildman–Crippen LogP) is 8.87. The summed E-state index contributed by atoms with van der Waals surface area (Å²) < 4.78 is 19.0. The molecule has 8 heteroatoms. The molecule has 0 unspecified atom stereocenters. The lowest BCUT2D eigenvalue weighted by atomic mass is 9.83. The summed E-state index contributed by atoms with van der Waals surface area (Å²) in [5.74, 6) is 1.26. The van der Waals surface area contributed by atoms with Crippen molar-refractivity contribution in [3.63, 3.8) is 0 Å². The van der Waals surface area contributed by atoms with E-state index in [4.69, 9.17) is 13.9 Å². The van der Waals surface area contributed by atoms with Crippen LogP contribution in [0.1, 0.15) is 33.3 Å². The van der Waals surface area contributed by atoms with Crippen LogP contribution < -0.4 is 9.47 Å². The minimum atomic E-state index is -2.09. The molecular weight excluding hydrogens is 579 g/mol. The van der Waals surface area contributed by atoms with E-state index in [1.54, 1.807) is 37.7 Å². The van der Waals surface area contributed by atoms with Crippen LogP contribution in [-0.4, -0.2) is 45.5 Å². The molecule has 1 aliphatic rings. The van der Waals surface area contributed by atoms with Crippen LogP contribution in [-0.2, 0) is 15.8 Å². The Kier molecular flexibility index (Phi) is 10.6. The number of likely N-dealkylation sites (tertiary alicyclic amines) is 1. The quantitative estimate of drug-likeness (QED) is 0.114. The molecule has 0 aliphatic carbocycles. The van der Waals surface area contributed by atoms with Crippen LogP contribution in [0.3, 0.4) is 0 Å². The largest absolute Gasteiger partial charge is 0.497 e. The number of methoxy groups -OCH3 is 2. The Morgan fingerprint density at radius 1 is 0.929 bits per heavy atom. The summed E-state index contributed by atoms with van der Waals surface area (Å²) in [7, 11) is 1.20. The van der Waals surface area contributed by atoms with Gasteiger partial charge in [-0.05, 0) is 67.5 Å². The van der Waals surface area contributed by atoms with Crippen LogP contribution in [0.15, 0.2) is 99.0 Å². The minimum absolute atomic E-state index is 0.0486. The highest BCUT2D eigenvalue weighted by Crippen LogP contribution is 2.45. The summed E-state index contributed by atoms with van der Waals surface area (Å²) in [6.07, 6.45) is 2.06. The normalized spacial score (nSPS) is 17.8. The molecule has 42 heavy (non-hydrogen) atoms. The first-order chi connectivity index (χ1) is 19.9. The SMILES string of the molecule is COc1ccc(CN2C(=O)[C@H]([C@@H](C)O[Si](C)(C)C(C)(C)C)[C@H]2C=C(Sc2ccccc2)Sc2ccccc2)c(OC)c1. The summed E-state index contributed by atoms with van der Waals surface area (Å²) in [5, 5.41) is 0.0486. The maximum absolute atomic E-state index is 13.9. The van der Waals surface area contributed by atoms with Crippen LogP contribution in [0.4, 0.5) is 0 Å². The fourth-order valence-corrected chi connectivity index (χ4v) is 8.41. The van der Waals surface area contributed by atoms with E-state index in [9.17, 15) is 4.79 Å². The van der Waals surface area contributed by atoms with Crippen molar-refractivity contribution in [1.29, 1.82) is 0 Å². The number of nitrogens with zero attached hydrogens (tertiary/aromatic N) is 1. The third kappa shape index (κ3) is 7.64. The Morgan fingerprint density at radius 2 is 1.50 bits per heavy atom. The van der Waals surface area contributed by atoms with Crippen molar-refractivity contribution >= 4 is 37.7 Å². The van der Waals surface area contributed by atoms with Gasteiger partial charge < -0.3 is 18.8 Å². The molecule has 3 aromatic rings. The van der Waals surface area contributed by atoms with Gasteiger partial charge in [-0.2, -0.15) is 0 Å². The molecule has 5 nitrogen and oxygen atoms in total. The van der Waals surface area contributed by atoms with E-state index in [1.807, 2.05) is 35.2 Å². The number of benzene rings is 3. The zero-order chi connectivity index (χ0) is 30.5. The molecule has 0 radical (unpaired) electrons. The average Bonchev–Trinajstić information content (AvgIpc) is 2.95. The van der Waals surface area contributed by atoms with Gasteiger partial charge in [-0.15, -0.1) is 0 Å². The fourth-order valence-electron chi connectivity index (χ4n) is 4.77. The van der Waals surface area contributed by atoms with Crippen molar-refractivity contribution in [3.8, 4) is 11.5 Å². The first-order valence-corrected chi connectivity index (χ1v) is 18.8. The summed E-state index contributed by atoms with van der Waals surface area (Å²) >= 11 is 3.45. The van der Waals surface area contributed by atoms with Crippen LogP contribution in [0.25, 0.3) is 0 Å². The number of β-lactam (4-membered cyclic amide) rings is 1. The molecule has 1 heterocycles. The molecule has 1 amide bonds. The Bertz CT molecular complexity index is 1330. The number of ether oxygens (including phenoxy) is 2. The van der Waals surface area contributed by atoms with Gasteiger partial charge in [0.2, 0.25) is 5.91 Å². The summed E-state index contributed by atoms with van der Waals surface area (Å²) in [5.41, 5.74) is 0.939. The highest BCUT2D eigenvalue weighted by Gasteiger charge is 2.51. The Balaban J connectivity index is 1.72. The van der Waals surface area contributed by atoms with Crippen molar-refractivity contribution in [2.45, 2.75) is 74.3 Å². The highest BCUT2D eigenvalue weighted by molar-refractivity contribution is 8.22. The van der Waals surface area contributed by atoms with E-state index in [1.165, 1.54) is 0 Å². The number of carbonyl (C=O) groups is 1. The summed E-state index contributed by atoms with van der Waals surface area (Å²) in [4.78, 5) is 18.2. The van der Waals surface area contributed by atoms with Gasteiger partial charge in [0.15, 0.2) is 8.32 Å². The monoisotopic (exact) mass is 621 g/mol. The van der Waals surface area contributed by atoms with Crippen LogP contribution in [0.2, 0.25) is 18.1 Å². The smallest absolute Gasteiger partial charge is 0.231 e. The Labute approximate surface area is 261 Å². The number of hydrogen-bond acceptors (Lipinski definition) is 6. The van der Waals surface area contributed by atoms with Gasteiger partial charge in [-0.25, -0.2) is 0 Å². The van der Waals surface area contributed by atoms with E-state index in [2.05, 4.69) is 95.4 Å². The maximum Gasteiger partial charge on any atom is 0.231 e. The number of amides is 1. The lowest BCUT2D eigenvalue weighted by Crippen LogP contribution is -2.64. The van der Waals surface area contributed by atoms with Gasteiger partial charge in [0.1, 0.15) is 11.5 Å². The van der Waals surface area contributed by atoms with Crippen molar-refractivity contribution < 1.29 is 18.7 Å². The summed E-state index contributed by atoms with van der Waals surface area (Å²) in [6.45, 7) is 13.7. The lowest BCUT2D eigenvalue weighted by Gasteiger charge is -2.50. The van der Waals surface area contributed by atoms with E-state index in [-0.39, 0.29) is 29.0 Å². The number of rotatable bonds is 12. The highest BCUT2D eigenvalue weighted by atomic mass is 32.2. The molecule has 0 aromatic heterocycles. The topological polar surface area (TPSA) is 48.0 Å². The van der Waals surface area contributed by atoms with Gasteiger partial charge in [0.05, 0.1) is 32.3 Å². The van der Waals surface area contributed by atoms with E-state index in [0.717, 1.165) is 25.3 Å². The fraction of sp³-hybridized carbons (Fsp3) is 0.382. The molecule has 0 N–H and O–H groups in total. The zero-order valence-electron chi connectivity index (χ0n) is 25.9. The van der Waals surface area contributed by atoms with Crippen molar-refractivity contribution in [2.75, 3.05) is 14.2 Å². The molecule has 3 aromatic carbocycles. The predicted molar refractivity (Wildman–Crippen MR) is 178 cm³/mol. The summed E-state index contributed by atoms with van der Waals surface area (Å²) in [6, 6.07) is 26.4. The molecule has 0 bridgehead atoms. The zero-order valence-corrected chi connectivity index (χ0v) is 28.6. The number of carbonyl (C=O) groups excluding carboxylic acids is 1. The van der Waals surface area contributed by atoms with Crippen molar-refractivity contribution in [2.24, 2.45) is 5.92 Å². The molecule has 1 fully saturated rings. The van der Waals surface area contributed by atoms with E-state index in [0.29, 0.717) is 12.3 Å². The third-order valence-corrected chi connectivity index (χ3v) is 14.9. The van der Waals surface area contributed by atoms with Crippen LogP contribution >= 0.6 is 23.5 Å². The van der Waals surface area contributed by atoms with Crippen molar-refractivity contribution in [3.05, 3.63) is 94.7 Å².